The van der Waals surface area contributed by atoms with E-state index in [0.29, 0.717) is 24.1 Å². The lowest BCUT2D eigenvalue weighted by Gasteiger charge is -2.07. The van der Waals surface area contributed by atoms with Gasteiger partial charge in [0.2, 0.25) is 0 Å². The molecule has 7 heteroatoms. The Balaban J connectivity index is 2.40. The number of hydrogen-bond donors (Lipinski definition) is 1. The highest BCUT2D eigenvalue weighted by Crippen LogP contribution is 2.21. The number of pyridine rings is 1. The van der Waals surface area contributed by atoms with Gasteiger partial charge in [-0.25, -0.2) is 9.67 Å². The molecule has 21 heavy (non-hydrogen) atoms. The summed E-state index contributed by atoms with van der Waals surface area (Å²) in [5.41, 5.74) is 0.923. The maximum Gasteiger partial charge on any atom is 0.276 e. The third-order valence-electron chi connectivity index (χ3n) is 3.00. The molecule has 0 aliphatic rings. The smallest absolute Gasteiger partial charge is 0.276 e. The Kier molecular flexibility index (Phi) is 4.52. The molecule has 112 valence electrons. The lowest BCUT2D eigenvalue weighted by Crippen LogP contribution is -2.07. The largest absolute Gasteiger partial charge is 0.370 e. The monoisotopic (exact) mass is 289 g/mol. The molecular weight excluding hydrogens is 270 g/mol. The molecule has 0 bridgehead atoms. The second-order valence-electron chi connectivity index (χ2n) is 5.09. The minimum absolute atomic E-state index is 0.000185. The summed E-state index contributed by atoms with van der Waals surface area (Å²) in [7, 11) is 0. The quantitative estimate of drug-likeness (QED) is 0.652. The summed E-state index contributed by atoms with van der Waals surface area (Å²) in [5.74, 6) is 1.22. The highest BCUT2D eigenvalue weighted by Gasteiger charge is 2.13. The van der Waals surface area contributed by atoms with Crippen LogP contribution in [0.3, 0.4) is 0 Å². The molecule has 0 spiro atoms. The van der Waals surface area contributed by atoms with Crippen LogP contribution in [0, 0.1) is 10.1 Å². The third kappa shape index (κ3) is 3.56. The van der Waals surface area contributed by atoms with Gasteiger partial charge in [-0.2, -0.15) is 5.10 Å². The number of nitrogens with zero attached hydrogens (tertiary/aromatic N) is 4. The standard InChI is InChI=1S/C14H19N5O2/c1-4-6-15-13-8-11(19(20)21)9-14(16-13)18-7-5-12(17-18)10(2)3/h5,7-10H,4,6H2,1-3H3,(H,15,16). The van der Waals surface area contributed by atoms with Gasteiger partial charge in [-0.05, 0) is 18.4 Å². The highest BCUT2D eigenvalue weighted by atomic mass is 16.6. The zero-order valence-corrected chi connectivity index (χ0v) is 12.4. The van der Waals surface area contributed by atoms with Gasteiger partial charge in [-0.1, -0.05) is 20.8 Å². The van der Waals surface area contributed by atoms with Gasteiger partial charge >= 0.3 is 0 Å². The topological polar surface area (TPSA) is 85.9 Å². The van der Waals surface area contributed by atoms with Crippen LogP contribution in [-0.2, 0) is 0 Å². The molecule has 0 aromatic carbocycles. The number of nitro groups is 1. The first-order valence-corrected chi connectivity index (χ1v) is 6.97. The van der Waals surface area contributed by atoms with E-state index in [9.17, 15) is 10.1 Å². The summed E-state index contributed by atoms with van der Waals surface area (Å²) in [6.07, 6.45) is 2.68. The zero-order valence-electron chi connectivity index (χ0n) is 12.4. The fourth-order valence-corrected chi connectivity index (χ4v) is 1.84. The third-order valence-corrected chi connectivity index (χ3v) is 3.00. The van der Waals surface area contributed by atoms with Crippen molar-refractivity contribution in [3.63, 3.8) is 0 Å². The van der Waals surface area contributed by atoms with Gasteiger partial charge < -0.3 is 5.32 Å². The van der Waals surface area contributed by atoms with Crippen LogP contribution in [0.2, 0.25) is 0 Å². The van der Waals surface area contributed by atoms with Crippen LogP contribution in [0.25, 0.3) is 5.82 Å². The molecule has 2 aromatic rings. The van der Waals surface area contributed by atoms with Gasteiger partial charge in [0.05, 0.1) is 22.7 Å². The van der Waals surface area contributed by atoms with Crippen LogP contribution in [0.4, 0.5) is 11.5 Å². The van der Waals surface area contributed by atoms with E-state index >= 15 is 0 Å². The molecule has 0 atom stereocenters. The fraction of sp³-hybridized carbons (Fsp3) is 0.429. The minimum atomic E-state index is -0.421. The van der Waals surface area contributed by atoms with Crippen LogP contribution in [0.1, 0.15) is 38.8 Å². The maximum atomic E-state index is 11.0. The molecule has 7 nitrogen and oxygen atoms in total. The number of hydrogen-bond acceptors (Lipinski definition) is 5. The van der Waals surface area contributed by atoms with Crippen molar-refractivity contribution in [1.29, 1.82) is 0 Å². The second-order valence-corrected chi connectivity index (χ2v) is 5.09. The van der Waals surface area contributed by atoms with Crippen LogP contribution < -0.4 is 5.32 Å². The first-order chi connectivity index (χ1) is 10.0. The molecule has 0 radical (unpaired) electrons. The lowest BCUT2D eigenvalue weighted by molar-refractivity contribution is -0.384. The van der Waals surface area contributed by atoms with E-state index in [1.807, 2.05) is 26.8 Å². The van der Waals surface area contributed by atoms with E-state index in [4.69, 9.17) is 0 Å². The van der Waals surface area contributed by atoms with Gasteiger partial charge in [0.1, 0.15) is 5.82 Å². The maximum absolute atomic E-state index is 11.0. The number of aromatic nitrogens is 3. The molecular formula is C14H19N5O2. The van der Waals surface area contributed by atoms with Crippen molar-refractivity contribution in [1.82, 2.24) is 14.8 Å². The molecule has 0 unspecified atom stereocenters. The predicted molar refractivity (Wildman–Crippen MR) is 80.9 cm³/mol. The average molecular weight is 289 g/mol. The number of nitrogens with one attached hydrogen (secondary N) is 1. The average Bonchev–Trinajstić information content (AvgIpc) is 2.94. The molecule has 2 aromatic heterocycles. The molecule has 0 aliphatic carbocycles. The number of rotatable bonds is 6. The van der Waals surface area contributed by atoms with Crippen molar-refractivity contribution >= 4 is 11.5 Å². The molecule has 2 heterocycles. The SMILES string of the molecule is CCCNc1cc([N+](=O)[O-])cc(-n2ccc(C(C)C)n2)n1. The Morgan fingerprint density at radius 3 is 2.76 bits per heavy atom. The van der Waals surface area contributed by atoms with Crippen molar-refractivity contribution in [3.05, 3.63) is 40.2 Å². The van der Waals surface area contributed by atoms with Gasteiger partial charge in [-0.3, -0.25) is 10.1 Å². The molecule has 0 saturated heterocycles. The van der Waals surface area contributed by atoms with E-state index in [1.165, 1.54) is 12.1 Å². The van der Waals surface area contributed by atoms with E-state index in [2.05, 4.69) is 15.4 Å². The van der Waals surface area contributed by atoms with E-state index in [1.54, 1.807) is 10.9 Å². The van der Waals surface area contributed by atoms with Crippen molar-refractivity contribution in [2.75, 3.05) is 11.9 Å². The normalized spacial score (nSPS) is 10.9. The van der Waals surface area contributed by atoms with Gasteiger partial charge in [-0.15, -0.1) is 0 Å². The molecule has 1 N–H and O–H groups in total. The van der Waals surface area contributed by atoms with Crippen LogP contribution >= 0.6 is 0 Å². The summed E-state index contributed by atoms with van der Waals surface area (Å²) in [6.45, 7) is 6.82. The Morgan fingerprint density at radius 1 is 1.43 bits per heavy atom. The first kappa shape index (κ1) is 15.0. The van der Waals surface area contributed by atoms with Crippen LogP contribution in [0.15, 0.2) is 24.4 Å². The summed E-state index contributed by atoms with van der Waals surface area (Å²) >= 11 is 0. The van der Waals surface area contributed by atoms with Crippen LogP contribution in [-0.4, -0.2) is 26.2 Å². The first-order valence-electron chi connectivity index (χ1n) is 6.97. The van der Waals surface area contributed by atoms with Crippen molar-refractivity contribution in [3.8, 4) is 5.82 Å². The Hall–Kier alpha value is -2.44. The Morgan fingerprint density at radius 2 is 2.19 bits per heavy atom. The van der Waals surface area contributed by atoms with Gasteiger partial charge in [0.25, 0.3) is 5.69 Å². The molecule has 0 aliphatic heterocycles. The summed E-state index contributed by atoms with van der Waals surface area (Å²) < 4.78 is 1.57. The summed E-state index contributed by atoms with van der Waals surface area (Å²) in [6, 6.07) is 4.75. The van der Waals surface area contributed by atoms with Crippen molar-refractivity contribution in [2.45, 2.75) is 33.1 Å². The van der Waals surface area contributed by atoms with E-state index < -0.39 is 4.92 Å². The van der Waals surface area contributed by atoms with Gasteiger partial charge in [0, 0.05) is 12.7 Å². The lowest BCUT2D eigenvalue weighted by atomic mass is 10.1. The van der Waals surface area contributed by atoms with E-state index in [-0.39, 0.29) is 5.69 Å². The molecule has 0 saturated carbocycles. The minimum Gasteiger partial charge on any atom is -0.370 e. The Labute approximate surface area is 123 Å². The van der Waals surface area contributed by atoms with E-state index in [0.717, 1.165) is 12.1 Å². The predicted octanol–water partition coefficient (Wildman–Crippen LogP) is 3.12. The fourth-order valence-electron chi connectivity index (χ4n) is 1.84. The highest BCUT2D eigenvalue weighted by molar-refractivity contribution is 5.50. The van der Waals surface area contributed by atoms with Gasteiger partial charge in [0.15, 0.2) is 5.82 Å². The van der Waals surface area contributed by atoms with Crippen molar-refractivity contribution < 1.29 is 4.92 Å². The summed E-state index contributed by atoms with van der Waals surface area (Å²) in [5, 5.41) is 18.5. The second kappa shape index (κ2) is 6.34. The molecule has 0 amide bonds. The summed E-state index contributed by atoms with van der Waals surface area (Å²) in [4.78, 5) is 15.0. The zero-order chi connectivity index (χ0) is 15.4. The molecule has 0 fully saturated rings. The number of anilines is 1. The van der Waals surface area contributed by atoms with Crippen LogP contribution in [0.5, 0.6) is 0 Å². The van der Waals surface area contributed by atoms with Crippen molar-refractivity contribution in [2.24, 2.45) is 0 Å². The molecule has 2 rings (SSSR count). The Bertz CT molecular complexity index is 636.